The molecule has 1 spiro atoms. The molecule has 1 aromatic heterocycles. The Hall–Kier alpha value is -0.930. The molecule has 2 aliphatic heterocycles. The standard InChI is InChI=1S/C13H18N2O/c1-2-11(8-14-5-1)12-9-15-10-13(12)3-6-16-7-4-13/h1-2,5,8,12,15H,3-4,6-7,9-10H2. The Morgan fingerprint density at radius 3 is 3.00 bits per heavy atom. The van der Waals surface area contributed by atoms with E-state index in [9.17, 15) is 0 Å². The zero-order chi connectivity index (χ0) is 10.8. The second-order valence-electron chi connectivity index (χ2n) is 4.94. The molecule has 0 saturated carbocycles. The van der Waals surface area contributed by atoms with E-state index in [1.165, 1.54) is 18.4 Å². The smallest absolute Gasteiger partial charge is 0.0472 e. The SMILES string of the molecule is c1cncc(C2CNCC23CCOCC3)c1. The molecule has 3 heterocycles. The average molecular weight is 218 g/mol. The van der Waals surface area contributed by atoms with E-state index < -0.39 is 0 Å². The van der Waals surface area contributed by atoms with Crippen molar-refractivity contribution in [3.05, 3.63) is 30.1 Å². The van der Waals surface area contributed by atoms with Crippen molar-refractivity contribution < 1.29 is 4.74 Å². The fourth-order valence-corrected chi connectivity index (χ4v) is 3.16. The number of pyridine rings is 1. The number of hydrogen-bond acceptors (Lipinski definition) is 3. The summed E-state index contributed by atoms with van der Waals surface area (Å²) in [7, 11) is 0. The van der Waals surface area contributed by atoms with Crippen LogP contribution in [0.25, 0.3) is 0 Å². The van der Waals surface area contributed by atoms with Crippen molar-refractivity contribution in [3.63, 3.8) is 0 Å². The first kappa shape index (κ1) is 10.2. The second kappa shape index (κ2) is 4.15. The van der Waals surface area contributed by atoms with E-state index in [0.29, 0.717) is 11.3 Å². The van der Waals surface area contributed by atoms with Gasteiger partial charge in [-0.15, -0.1) is 0 Å². The summed E-state index contributed by atoms with van der Waals surface area (Å²) in [6, 6.07) is 4.25. The third kappa shape index (κ3) is 1.64. The topological polar surface area (TPSA) is 34.2 Å². The summed E-state index contributed by atoms with van der Waals surface area (Å²) in [6.07, 6.45) is 6.23. The van der Waals surface area contributed by atoms with Crippen molar-refractivity contribution in [1.82, 2.24) is 10.3 Å². The van der Waals surface area contributed by atoms with Gasteiger partial charge in [-0.1, -0.05) is 6.07 Å². The highest BCUT2D eigenvalue weighted by Crippen LogP contribution is 2.46. The number of nitrogens with one attached hydrogen (secondary N) is 1. The highest BCUT2D eigenvalue weighted by molar-refractivity contribution is 5.22. The lowest BCUT2D eigenvalue weighted by atomic mass is 9.70. The molecule has 2 aliphatic rings. The molecule has 16 heavy (non-hydrogen) atoms. The van der Waals surface area contributed by atoms with Crippen LogP contribution in [0, 0.1) is 5.41 Å². The molecule has 3 heteroatoms. The fraction of sp³-hybridized carbons (Fsp3) is 0.615. The van der Waals surface area contributed by atoms with E-state index in [1.54, 1.807) is 0 Å². The first-order valence-electron chi connectivity index (χ1n) is 6.09. The largest absolute Gasteiger partial charge is 0.381 e. The number of ether oxygens (including phenoxy) is 1. The van der Waals surface area contributed by atoms with E-state index in [4.69, 9.17) is 4.74 Å². The summed E-state index contributed by atoms with van der Waals surface area (Å²) in [5, 5.41) is 3.55. The lowest BCUT2D eigenvalue weighted by Crippen LogP contribution is -2.35. The Morgan fingerprint density at radius 1 is 1.38 bits per heavy atom. The van der Waals surface area contributed by atoms with Crippen molar-refractivity contribution in [3.8, 4) is 0 Å². The average Bonchev–Trinajstić information content (AvgIpc) is 2.75. The van der Waals surface area contributed by atoms with Crippen LogP contribution in [0.5, 0.6) is 0 Å². The first-order valence-corrected chi connectivity index (χ1v) is 6.09. The second-order valence-corrected chi connectivity index (χ2v) is 4.94. The summed E-state index contributed by atoms with van der Waals surface area (Å²) < 4.78 is 5.50. The van der Waals surface area contributed by atoms with Crippen molar-refractivity contribution >= 4 is 0 Å². The molecule has 0 amide bonds. The molecule has 3 nitrogen and oxygen atoms in total. The maximum Gasteiger partial charge on any atom is 0.0472 e. The van der Waals surface area contributed by atoms with Crippen LogP contribution in [0.15, 0.2) is 24.5 Å². The highest BCUT2D eigenvalue weighted by Gasteiger charge is 2.44. The first-order chi connectivity index (χ1) is 7.91. The normalized spacial score (nSPS) is 28.4. The molecule has 2 saturated heterocycles. The Balaban J connectivity index is 1.89. The zero-order valence-electron chi connectivity index (χ0n) is 9.48. The van der Waals surface area contributed by atoms with Gasteiger partial charge in [-0.2, -0.15) is 0 Å². The van der Waals surface area contributed by atoms with E-state index in [1.807, 2.05) is 18.5 Å². The van der Waals surface area contributed by atoms with Crippen LogP contribution in [0.3, 0.4) is 0 Å². The van der Waals surface area contributed by atoms with Crippen LogP contribution < -0.4 is 5.32 Å². The minimum atomic E-state index is 0.418. The summed E-state index contributed by atoms with van der Waals surface area (Å²) in [4.78, 5) is 4.25. The van der Waals surface area contributed by atoms with Gasteiger partial charge in [0.2, 0.25) is 0 Å². The molecule has 1 unspecified atom stereocenters. The lowest BCUT2D eigenvalue weighted by molar-refractivity contribution is 0.0164. The van der Waals surface area contributed by atoms with Gasteiger partial charge in [0.05, 0.1) is 0 Å². The van der Waals surface area contributed by atoms with Crippen LogP contribution in [0.1, 0.15) is 24.3 Å². The minimum absolute atomic E-state index is 0.418. The molecule has 1 aromatic rings. The number of aromatic nitrogens is 1. The van der Waals surface area contributed by atoms with Crippen LogP contribution >= 0.6 is 0 Å². The van der Waals surface area contributed by atoms with Crippen molar-refractivity contribution in [2.24, 2.45) is 5.41 Å². The Labute approximate surface area is 96.2 Å². The zero-order valence-corrected chi connectivity index (χ0v) is 9.48. The quantitative estimate of drug-likeness (QED) is 0.777. The highest BCUT2D eigenvalue weighted by atomic mass is 16.5. The Morgan fingerprint density at radius 2 is 2.25 bits per heavy atom. The van der Waals surface area contributed by atoms with E-state index in [0.717, 1.165) is 26.3 Å². The van der Waals surface area contributed by atoms with Gasteiger partial charge in [0.1, 0.15) is 0 Å². The lowest BCUT2D eigenvalue weighted by Gasteiger charge is -2.38. The molecular weight excluding hydrogens is 200 g/mol. The number of hydrogen-bond donors (Lipinski definition) is 1. The molecule has 0 radical (unpaired) electrons. The van der Waals surface area contributed by atoms with Gasteiger partial charge in [-0.05, 0) is 29.9 Å². The molecule has 86 valence electrons. The molecule has 1 N–H and O–H groups in total. The van der Waals surface area contributed by atoms with Gasteiger partial charge in [-0.25, -0.2) is 0 Å². The third-order valence-electron chi connectivity index (χ3n) is 4.14. The summed E-state index contributed by atoms with van der Waals surface area (Å²) in [5.74, 6) is 0.616. The van der Waals surface area contributed by atoms with E-state index in [-0.39, 0.29) is 0 Å². The minimum Gasteiger partial charge on any atom is -0.381 e. The van der Waals surface area contributed by atoms with Gasteiger partial charge in [0.25, 0.3) is 0 Å². The Bertz CT molecular complexity index is 346. The van der Waals surface area contributed by atoms with Gasteiger partial charge in [0, 0.05) is 44.6 Å². The van der Waals surface area contributed by atoms with Crippen LogP contribution in [-0.2, 0) is 4.74 Å². The van der Waals surface area contributed by atoms with Crippen molar-refractivity contribution in [2.75, 3.05) is 26.3 Å². The summed E-state index contributed by atoms with van der Waals surface area (Å²) >= 11 is 0. The molecule has 2 fully saturated rings. The number of rotatable bonds is 1. The molecule has 0 aliphatic carbocycles. The van der Waals surface area contributed by atoms with Crippen LogP contribution in [0.4, 0.5) is 0 Å². The third-order valence-corrected chi connectivity index (χ3v) is 4.14. The van der Waals surface area contributed by atoms with Gasteiger partial charge >= 0.3 is 0 Å². The van der Waals surface area contributed by atoms with E-state index in [2.05, 4.69) is 16.4 Å². The molecule has 0 bridgehead atoms. The molecule has 1 atom stereocenters. The van der Waals surface area contributed by atoms with Crippen molar-refractivity contribution in [1.29, 1.82) is 0 Å². The monoisotopic (exact) mass is 218 g/mol. The maximum absolute atomic E-state index is 5.50. The summed E-state index contributed by atoms with van der Waals surface area (Å²) in [6.45, 7) is 4.05. The van der Waals surface area contributed by atoms with E-state index >= 15 is 0 Å². The maximum atomic E-state index is 5.50. The van der Waals surface area contributed by atoms with Gasteiger partial charge < -0.3 is 10.1 Å². The van der Waals surface area contributed by atoms with Gasteiger partial charge in [0.15, 0.2) is 0 Å². The predicted molar refractivity (Wildman–Crippen MR) is 62.3 cm³/mol. The van der Waals surface area contributed by atoms with Crippen molar-refractivity contribution in [2.45, 2.75) is 18.8 Å². The predicted octanol–water partition coefficient (Wildman–Crippen LogP) is 1.57. The summed E-state index contributed by atoms with van der Waals surface area (Å²) in [5.41, 5.74) is 1.80. The van der Waals surface area contributed by atoms with Gasteiger partial charge in [-0.3, -0.25) is 4.98 Å². The molecule has 0 aromatic carbocycles. The Kier molecular flexibility index (Phi) is 2.65. The molecule has 3 rings (SSSR count). The van der Waals surface area contributed by atoms with Crippen LogP contribution in [0.2, 0.25) is 0 Å². The van der Waals surface area contributed by atoms with Crippen LogP contribution in [-0.4, -0.2) is 31.3 Å². The fourth-order valence-electron chi connectivity index (χ4n) is 3.16. The number of nitrogens with zero attached hydrogens (tertiary/aromatic N) is 1. The molecular formula is C13H18N2O.